The lowest BCUT2D eigenvalue weighted by molar-refractivity contribution is -0.135. The van der Waals surface area contributed by atoms with Crippen molar-refractivity contribution in [1.29, 1.82) is 0 Å². The van der Waals surface area contributed by atoms with Crippen LogP contribution in [0.5, 0.6) is 0 Å². The molecule has 0 bridgehead atoms. The molecule has 7 nitrogen and oxygen atoms in total. The van der Waals surface area contributed by atoms with Crippen LogP contribution in [0.2, 0.25) is 0 Å². The van der Waals surface area contributed by atoms with Crippen molar-refractivity contribution in [3.63, 3.8) is 0 Å². The van der Waals surface area contributed by atoms with Gasteiger partial charge in [-0.1, -0.05) is 26.0 Å². The largest absolute Gasteiger partial charge is 0.339 e. The summed E-state index contributed by atoms with van der Waals surface area (Å²) in [4.78, 5) is 39.7. The summed E-state index contributed by atoms with van der Waals surface area (Å²) in [7, 11) is 0. The van der Waals surface area contributed by atoms with Crippen molar-refractivity contribution < 1.29 is 14.4 Å². The molecule has 0 spiro atoms. The van der Waals surface area contributed by atoms with E-state index in [9.17, 15) is 14.4 Å². The Balaban J connectivity index is 1.41. The van der Waals surface area contributed by atoms with Gasteiger partial charge in [-0.3, -0.25) is 9.59 Å². The zero-order chi connectivity index (χ0) is 19.4. The zero-order valence-corrected chi connectivity index (χ0v) is 16.0. The lowest BCUT2D eigenvalue weighted by Crippen LogP contribution is -2.53. The monoisotopic (exact) mass is 372 g/mol. The van der Waals surface area contributed by atoms with Crippen LogP contribution in [0.4, 0.5) is 10.5 Å². The van der Waals surface area contributed by atoms with Crippen LogP contribution in [0.25, 0.3) is 0 Å². The van der Waals surface area contributed by atoms with Crippen LogP contribution >= 0.6 is 0 Å². The van der Waals surface area contributed by atoms with Gasteiger partial charge < -0.3 is 20.4 Å². The lowest BCUT2D eigenvalue weighted by atomic mass is 10.1. The second-order valence-corrected chi connectivity index (χ2v) is 7.59. The highest BCUT2D eigenvalue weighted by Gasteiger charge is 2.29. The van der Waals surface area contributed by atoms with E-state index in [4.69, 9.17) is 0 Å². The summed E-state index contributed by atoms with van der Waals surface area (Å²) in [5.74, 6) is 0.401. The van der Waals surface area contributed by atoms with Crippen LogP contribution in [0, 0.1) is 11.8 Å². The second-order valence-electron chi connectivity index (χ2n) is 7.59. The average Bonchev–Trinajstić information content (AvgIpc) is 3.52. The molecule has 0 radical (unpaired) electrons. The zero-order valence-electron chi connectivity index (χ0n) is 16.0. The van der Waals surface area contributed by atoms with Crippen molar-refractivity contribution in [3.8, 4) is 0 Å². The third kappa shape index (κ3) is 5.21. The van der Waals surface area contributed by atoms with Crippen LogP contribution in [-0.4, -0.2) is 53.8 Å². The number of piperazine rings is 1. The molecule has 1 aliphatic carbocycles. The van der Waals surface area contributed by atoms with E-state index in [-0.39, 0.29) is 29.7 Å². The van der Waals surface area contributed by atoms with Gasteiger partial charge in [0.2, 0.25) is 11.8 Å². The maximum absolute atomic E-state index is 12.3. The Labute approximate surface area is 160 Å². The fourth-order valence-electron chi connectivity index (χ4n) is 3.08. The Morgan fingerprint density at radius 3 is 2.15 bits per heavy atom. The molecule has 2 N–H and O–H groups in total. The molecular weight excluding hydrogens is 344 g/mol. The normalized spacial score (nSPS) is 17.0. The molecule has 1 aromatic carbocycles. The van der Waals surface area contributed by atoms with Gasteiger partial charge in [0.05, 0.1) is 0 Å². The van der Waals surface area contributed by atoms with E-state index >= 15 is 0 Å². The number of hydrogen-bond donors (Lipinski definition) is 2. The first-order chi connectivity index (χ1) is 12.9. The van der Waals surface area contributed by atoms with Crippen molar-refractivity contribution in [3.05, 3.63) is 29.8 Å². The standard InChI is InChI=1S/C20H28N4O3/c1-14(2)19(26)23-9-11-24(12-10-23)20(27)21-13-15-3-7-17(8-4-15)22-18(25)16-5-6-16/h3-4,7-8,14,16H,5-6,9-13H2,1-2H3,(H,21,27)(H,22,25). The van der Waals surface area contributed by atoms with Crippen molar-refractivity contribution >= 4 is 23.5 Å². The fraction of sp³-hybridized carbons (Fsp3) is 0.550. The first-order valence-corrected chi connectivity index (χ1v) is 9.65. The SMILES string of the molecule is CC(C)C(=O)N1CCN(C(=O)NCc2ccc(NC(=O)C3CC3)cc2)CC1. The predicted molar refractivity (Wildman–Crippen MR) is 103 cm³/mol. The molecule has 2 fully saturated rings. The van der Waals surface area contributed by atoms with Gasteiger partial charge in [-0.15, -0.1) is 0 Å². The highest BCUT2D eigenvalue weighted by molar-refractivity contribution is 5.94. The van der Waals surface area contributed by atoms with Gasteiger partial charge in [-0.05, 0) is 30.5 Å². The number of nitrogens with one attached hydrogen (secondary N) is 2. The molecule has 0 aromatic heterocycles. The van der Waals surface area contributed by atoms with E-state index in [1.54, 1.807) is 4.90 Å². The number of anilines is 1. The smallest absolute Gasteiger partial charge is 0.317 e. The van der Waals surface area contributed by atoms with Gasteiger partial charge >= 0.3 is 6.03 Å². The van der Waals surface area contributed by atoms with Crippen LogP contribution in [0.15, 0.2) is 24.3 Å². The molecule has 146 valence electrons. The van der Waals surface area contributed by atoms with E-state index in [0.717, 1.165) is 24.1 Å². The van der Waals surface area contributed by atoms with Crippen molar-refractivity contribution in [2.24, 2.45) is 11.8 Å². The molecule has 0 atom stereocenters. The molecular formula is C20H28N4O3. The van der Waals surface area contributed by atoms with E-state index in [1.165, 1.54) is 0 Å². The molecule has 1 aromatic rings. The first kappa shape index (κ1) is 19.2. The molecule has 27 heavy (non-hydrogen) atoms. The minimum atomic E-state index is -0.113. The number of carbonyl (C=O) groups excluding carboxylic acids is 3. The molecule has 4 amide bonds. The summed E-state index contributed by atoms with van der Waals surface area (Å²) < 4.78 is 0. The minimum Gasteiger partial charge on any atom is -0.339 e. The van der Waals surface area contributed by atoms with E-state index < -0.39 is 0 Å². The van der Waals surface area contributed by atoms with Crippen LogP contribution in [0.3, 0.4) is 0 Å². The summed E-state index contributed by atoms with van der Waals surface area (Å²) in [6, 6.07) is 7.41. The molecule has 1 saturated carbocycles. The van der Waals surface area contributed by atoms with E-state index in [0.29, 0.717) is 32.7 Å². The van der Waals surface area contributed by atoms with Gasteiger partial charge in [0.25, 0.3) is 0 Å². The molecule has 1 saturated heterocycles. The number of carbonyl (C=O) groups is 3. The lowest BCUT2D eigenvalue weighted by Gasteiger charge is -2.35. The van der Waals surface area contributed by atoms with Crippen molar-refractivity contribution in [2.75, 3.05) is 31.5 Å². The average molecular weight is 372 g/mol. The molecule has 1 aliphatic heterocycles. The summed E-state index contributed by atoms with van der Waals surface area (Å²) in [5, 5.41) is 5.82. The first-order valence-electron chi connectivity index (χ1n) is 9.65. The van der Waals surface area contributed by atoms with Crippen LogP contribution in [0.1, 0.15) is 32.3 Å². The summed E-state index contributed by atoms with van der Waals surface area (Å²) in [6.07, 6.45) is 1.96. The quantitative estimate of drug-likeness (QED) is 0.830. The van der Waals surface area contributed by atoms with Crippen LogP contribution < -0.4 is 10.6 Å². The van der Waals surface area contributed by atoms with Crippen molar-refractivity contribution in [2.45, 2.75) is 33.2 Å². The Morgan fingerprint density at radius 2 is 1.59 bits per heavy atom. The second kappa shape index (κ2) is 8.41. The van der Waals surface area contributed by atoms with Gasteiger partial charge in [0.15, 0.2) is 0 Å². The molecule has 1 heterocycles. The molecule has 7 heteroatoms. The van der Waals surface area contributed by atoms with Gasteiger partial charge in [-0.2, -0.15) is 0 Å². The maximum atomic E-state index is 12.3. The fourth-order valence-corrected chi connectivity index (χ4v) is 3.08. The van der Waals surface area contributed by atoms with Crippen LogP contribution in [-0.2, 0) is 16.1 Å². The highest BCUT2D eigenvalue weighted by Crippen LogP contribution is 2.30. The Hall–Kier alpha value is -2.57. The van der Waals surface area contributed by atoms with E-state index in [2.05, 4.69) is 10.6 Å². The number of benzene rings is 1. The van der Waals surface area contributed by atoms with Gasteiger partial charge in [-0.25, -0.2) is 4.79 Å². The number of amides is 4. The predicted octanol–water partition coefficient (Wildman–Crippen LogP) is 2.04. The summed E-state index contributed by atoms with van der Waals surface area (Å²) in [5.41, 5.74) is 1.76. The summed E-state index contributed by atoms with van der Waals surface area (Å²) in [6.45, 7) is 6.49. The third-order valence-electron chi connectivity index (χ3n) is 4.99. The Bertz CT molecular complexity index is 690. The van der Waals surface area contributed by atoms with Gasteiger partial charge in [0, 0.05) is 50.2 Å². The molecule has 3 rings (SSSR count). The highest BCUT2D eigenvalue weighted by atomic mass is 16.2. The Morgan fingerprint density at radius 1 is 1.00 bits per heavy atom. The minimum absolute atomic E-state index is 0.0117. The van der Waals surface area contributed by atoms with E-state index in [1.807, 2.05) is 43.0 Å². The number of hydrogen-bond acceptors (Lipinski definition) is 3. The number of urea groups is 1. The number of rotatable bonds is 5. The molecule has 0 unspecified atom stereocenters. The molecule has 2 aliphatic rings. The number of nitrogens with zero attached hydrogens (tertiary/aromatic N) is 2. The summed E-state index contributed by atoms with van der Waals surface area (Å²) >= 11 is 0. The van der Waals surface area contributed by atoms with Crippen molar-refractivity contribution in [1.82, 2.24) is 15.1 Å². The third-order valence-corrected chi connectivity index (χ3v) is 4.99. The van der Waals surface area contributed by atoms with Gasteiger partial charge in [0.1, 0.15) is 0 Å². The maximum Gasteiger partial charge on any atom is 0.317 e. The Kier molecular flexibility index (Phi) is 5.98. The topological polar surface area (TPSA) is 81.8 Å².